The van der Waals surface area contributed by atoms with Crippen LogP contribution in [0.5, 0.6) is 5.88 Å². The van der Waals surface area contributed by atoms with Gasteiger partial charge >= 0.3 is 11.5 Å². The molecular formula is C18H16F3N3O3S. The molecule has 3 rings (SSSR count). The van der Waals surface area contributed by atoms with Gasteiger partial charge in [0.1, 0.15) is 6.04 Å². The number of nitrogens with zero attached hydrogens (tertiary/aromatic N) is 2. The molecule has 1 aromatic carbocycles. The third kappa shape index (κ3) is 4.22. The first-order chi connectivity index (χ1) is 13.2. The highest BCUT2D eigenvalue weighted by Gasteiger charge is 2.42. The van der Waals surface area contributed by atoms with E-state index >= 15 is 0 Å². The summed E-state index contributed by atoms with van der Waals surface area (Å²) in [5, 5.41) is 2.63. The number of nitrogens with one attached hydrogen (secondary N) is 1. The third-order valence-electron chi connectivity index (χ3n) is 4.29. The minimum Gasteiger partial charge on any atom is -0.481 e. The zero-order valence-electron chi connectivity index (χ0n) is 14.9. The lowest BCUT2D eigenvalue weighted by Crippen LogP contribution is -2.34. The standard InChI is InChI=1S/C18H16F3N3O3S/c1-10(11-7-8-22-14(9-11)27-2)15-16(25)24(17(26)23-15)12-3-5-13(6-4-12)28-18(19,20)21/h3-10,15H,1-2H3,(H,23,26). The Bertz CT molecular complexity index is 890. The first-order valence-electron chi connectivity index (χ1n) is 8.20. The number of hydrogen-bond acceptors (Lipinski definition) is 5. The van der Waals surface area contributed by atoms with Crippen LogP contribution in [-0.2, 0) is 4.79 Å². The highest BCUT2D eigenvalue weighted by atomic mass is 32.2. The molecule has 0 saturated carbocycles. The summed E-state index contributed by atoms with van der Waals surface area (Å²) in [6, 6.07) is 7.02. The van der Waals surface area contributed by atoms with Crippen molar-refractivity contribution < 1.29 is 27.5 Å². The number of amides is 3. The van der Waals surface area contributed by atoms with Crippen LogP contribution in [0.2, 0.25) is 0 Å². The average Bonchev–Trinajstić information content (AvgIpc) is 2.95. The number of ether oxygens (including phenoxy) is 1. The zero-order valence-corrected chi connectivity index (χ0v) is 15.7. The van der Waals surface area contributed by atoms with E-state index in [2.05, 4.69) is 10.3 Å². The fourth-order valence-corrected chi connectivity index (χ4v) is 3.43. The van der Waals surface area contributed by atoms with E-state index in [1.807, 2.05) is 0 Å². The van der Waals surface area contributed by atoms with Crippen LogP contribution in [-0.4, -0.2) is 35.6 Å². The molecule has 2 atom stereocenters. The van der Waals surface area contributed by atoms with Crippen molar-refractivity contribution in [3.05, 3.63) is 48.2 Å². The third-order valence-corrected chi connectivity index (χ3v) is 5.03. The van der Waals surface area contributed by atoms with E-state index in [-0.39, 0.29) is 28.3 Å². The molecule has 2 heterocycles. The Morgan fingerprint density at radius 3 is 2.50 bits per heavy atom. The molecule has 2 unspecified atom stereocenters. The number of benzene rings is 1. The number of pyridine rings is 1. The fourth-order valence-electron chi connectivity index (χ4n) is 2.89. The summed E-state index contributed by atoms with van der Waals surface area (Å²) >= 11 is -0.262. The number of alkyl halides is 3. The lowest BCUT2D eigenvalue weighted by Gasteiger charge is -2.18. The maximum atomic E-state index is 12.8. The molecule has 3 amide bonds. The summed E-state index contributed by atoms with van der Waals surface area (Å²) in [4.78, 5) is 30.1. The molecule has 10 heteroatoms. The van der Waals surface area contributed by atoms with Crippen LogP contribution in [0, 0.1) is 0 Å². The van der Waals surface area contributed by atoms with Gasteiger partial charge in [-0.25, -0.2) is 14.7 Å². The van der Waals surface area contributed by atoms with Crippen molar-refractivity contribution >= 4 is 29.4 Å². The Morgan fingerprint density at radius 1 is 1.21 bits per heavy atom. The Kier molecular flexibility index (Phi) is 5.50. The quantitative estimate of drug-likeness (QED) is 0.596. The minimum atomic E-state index is -4.41. The lowest BCUT2D eigenvalue weighted by molar-refractivity contribution is -0.118. The number of carbonyl (C=O) groups is 2. The van der Waals surface area contributed by atoms with Crippen molar-refractivity contribution in [1.29, 1.82) is 0 Å². The van der Waals surface area contributed by atoms with E-state index in [0.717, 1.165) is 10.5 Å². The van der Waals surface area contributed by atoms with Crippen LogP contribution in [0.15, 0.2) is 47.5 Å². The number of imide groups is 1. The van der Waals surface area contributed by atoms with Gasteiger partial charge in [0.2, 0.25) is 5.88 Å². The first-order valence-corrected chi connectivity index (χ1v) is 9.01. The van der Waals surface area contributed by atoms with Crippen molar-refractivity contribution in [3.63, 3.8) is 0 Å². The number of halogens is 3. The number of carbonyl (C=O) groups excluding carboxylic acids is 2. The second-order valence-corrected chi connectivity index (χ2v) is 7.20. The Hall–Kier alpha value is -2.75. The van der Waals surface area contributed by atoms with Crippen molar-refractivity contribution in [3.8, 4) is 5.88 Å². The fraction of sp³-hybridized carbons (Fsp3) is 0.278. The number of rotatable bonds is 5. The van der Waals surface area contributed by atoms with Crippen LogP contribution >= 0.6 is 11.8 Å². The van der Waals surface area contributed by atoms with E-state index in [4.69, 9.17) is 4.74 Å². The Labute approximate surface area is 163 Å². The van der Waals surface area contributed by atoms with Crippen molar-refractivity contribution in [2.75, 3.05) is 12.0 Å². The maximum Gasteiger partial charge on any atom is 0.446 e. The summed E-state index contributed by atoms with van der Waals surface area (Å²) in [5.74, 6) is -0.460. The number of methoxy groups -OCH3 is 1. The maximum absolute atomic E-state index is 12.8. The van der Waals surface area contributed by atoms with Gasteiger partial charge in [-0.1, -0.05) is 6.92 Å². The summed E-state index contributed by atoms with van der Waals surface area (Å²) < 4.78 is 42.4. The smallest absolute Gasteiger partial charge is 0.446 e. The van der Waals surface area contributed by atoms with Crippen LogP contribution in [0.4, 0.5) is 23.7 Å². The molecule has 1 aromatic heterocycles. The van der Waals surface area contributed by atoms with Gasteiger partial charge < -0.3 is 10.1 Å². The molecule has 1 fully saturated rings. The van der Waals surface area contributed by atoms with Crippen molar-refractivity contribution in [2.45, 2.75) is 29.3 Å². The molecule has 0 bridgehead atoms. The minimum absolute atomic E-state index is 0.0305. The van der Waals surface area contributed by atoms with Crippen LogP contribution in [0.3, 0.4) is 0 Å². The molecule has 6 nitrogen and oxygen atoms in total. The van der Waals surface area contributed by atoms with Crippen LogP contribution in [0.25, 0.3) is 0 Å². The molecule has 2 aromatic rings. The molecular weight excluding hydrogens is 395 g/mol. The van der Waals surface area contributed by atoms with Gasteiger partial charge in [0.25, 0.3) is 5.91 Å². The summed E-state index contributed by atoms with van der Waals surface area (Å²) in [7, 11) is 1.47. The van der Waals surface area contributed by atoms with E-state index < -0.39 is 23.5 Å². The summed E-state index contributed by atoms with van der Waals surface area (Å²) in [6.07, 6.45) is 1.54. The first kappa shape index (κ1) is 20.0. The second kappa shape index (κ2) is 7.70. The van der Waals surface area contributed by atoms with Crippen molar-refractivity contribution in [1.82, 2.24) is 10.3 Å². The van der Waals surface area contributed by atoms with E-state index in [0.29, 0.717) is 5.88 Å². The molecule has 1 saturated heterocycles. The molecule has 0 aliphatic carbocycles. The van der Waals surface area contributed by atoms with E-state index in [1.165, 1.54) is 31.4 Å². The molecule has 1 aliphatic rings. The van der Waals surface area contributed by atoms with Gasteiger partial charge in [0.15, 0.2) is 0 Å². The average molecular weight is 411 g/mol. The Balaban J connectivity index is 1.79. The van der Waals surface area contributed by atoms with Gasteiger partial charge in [0, 0.05) is 23.1 Å². The predicted molar refractivity (Wildman–Crippen MR) is 97.4 cm³/mol. The largest absolute Gasteiger partial charge is 0.481 e. The van der Waals surface area contributed by atoms with Gasteiger partial charge in [-0.05, 0) is 47.7 Å². The predicted octanol–water partition coefficient (Wildman–Crippen LogP) is 3.93. The second-order valence-electron chi connectivity index (χ2n) is 6.06. The SMILES string of the molecule is COc1cc(C(C)C2NC(=O)N(c3ccc(SC(F)(F)F)cc3)C2=O)ccn1. The summed E-state index contributed by atoms with van der Waals surface area (Å²) in [5.41, 5.74) is -3.45. The highest BCUT2D eigenvalue weighted by molar-refractivity contribution is 8.00. The summed E-state index contributed by atoms with van der Waals surface area (Å²) in [6.45, 7) is 1.78. The van der Waals surface area contributed by atoms with E-state index in [9.17, 15) is 22.8 Å². The molecule has 0 spiro atoms. The highest BCUT2D eigenvalue weighted by Crippen LogP contribution is 2.37. The molecule has 1 aliphatic heterocycles. The number of anilines is 1. The normalized spacial score (nSPS) is 18.2. The van der Waals surface area contributed by atoms with Crippen molar-refractivity contribution in [2.24, 2.45) is 0 Å². The number of aromatic nitrogens is 1. The molecule has 0 radical (unpaired) electrons. The number of urea groups is 1. The van der Waals surface area contributed by atoms with Crippen LogP contribution < -0.4 is 15.0 Å². The van der Waals surface area contributed by atoms with Gasteiger partial charge in [-0.2, -0.15) is 13.2 Å². The molecule has 1 N–H and O–H groups in total. The topological polar surface area (TPSA) is 71.5 Å². The van der Waals surface area contributed by atoms with Gasteiger partial charge in [0.05, 0.1) is 12.8 Å². The Morgan fingerprint density at radius 2 is 1.89 bits per heavy atom. The van der Waals surface area contributed by atoms with E-state index in [1.54, 1.807) is 25.3 Å². The molecule has 28 heavy (non-hydrogen) atoms. The van der Waals surface area contributed by atoms with Gasteiger partial charge in [-0.15, -0.1) is 0 Å². The molecule has 148 valence electrons. The monoisotopic (exact) mass is 411 g/mol. The van der Waals surface area contributed by atoms with Crippen LogP contribution in [0.1, 0.15) is 18.4 Å². The number of thioether (sulfide) groups is 1. The zero-order chi connectivity index (χ0) is 20.5. The lowest BCUT2D eigenvalue weighted by atomic mass is 9.94. The number of hydrogen-bond donors (Lipinski definition) is 1. The van der Waals surface area contributed by atoms with Gasteiger partial charge in [-0.3, -0.25) is 4.79 Å².